The first-order valence-electron chi connectivity index (χ1n) is 10.2. The number of hydrogen-bond donors (Lipinski definition) is 2. The lowest BCUT2D eigenvalue weighted by Gasteiger charge is -2.30. The number of pyridine rings is 2. The second kappa shape index (κ2) is 9.30. The number of fused-ring (bicyclic) bond motifs is 1. The molecule has 0 unspecified atom stereocenters. The molecule has 2 aromatic heterocycles. The van der Waals surface area contributed by atoms with Gasteiger partial charge in [0.15, 0.2) is 11.4 Å². The highest BCUT2D eigenvalue weighted by Crippen LogP contribution is 2.17. The molecule has 1 aliphatic heterocycles. The van der Waals surface area contributed by atoms with Crippen molar-refractivity contribution in [3.05, 3.63) is 106 Å². The SMILES string of the molecule is O=C1c2c(O)c(=O)ccn2NCN1C/C=C\CCc1ncccc1Cc1ccccc1. The largest absolute Gasteiger partial charge is 0.502 e. The first kappa shape index (κ1) is 20.4. The predicted octanol–water partition coefficient (Wildman–Crippen LogP) is 2.69. The highest BCUT2D eigenvalue weighted by molar-refractivity contribution is 5.96. The Morgan fingerprint density at radius 1 is 1.06 bits per heavy atom. The predicted molar refractivity (Wildman–Crippen MR) is 119 cm³/mol. The van der Waals surface area contributed by atoms with Gasteiger partial charge in [0.25, 0.3) is 5.91 Å². The molecule has 3 heterocycles. The van der Waals surface area contributed by atoms with Crippen LogP contribution >= 0.6 is 0 Å². The fourth-order valence-electron chi connectivity index (χ4n) is 3.61. The van der Waals surface area contributed by atoms with Crippen molar-refractivity contribution in [2.45, 2.75) is 19.3 Å². The van der Waals surface area contributed by atoms with Crippen LogP contribution < -0.4 is 10.9 Å². The van der Waals surface area contributed by atoms with Crippen LogP contribution in [0.3, 0.4) is 0 Å². The Kier molecular flexibility index (Phi) is 6.12. The molecule has 4 rings (SSSR count). The van der Waals surface area contributed by atoms with E-state index >= 15 is 0 Å². The van der Waals surface area contributed by atoms with E-state index in [0.29, 0.717) is 13.2 Å². The van der Waals surface area contributed by atoms with Crippen LogP contribution in [0, 0.1) is 0 Å². The van der Waals surface area contributed by atoms with Crippen LogP contribution in [0.25, 0.3) is 0 Å². The Bertz CT molecular complexity index is 1150. The number of allylic oxidation sites excluding steroid dienone is 1. The molecule has 0 fully saturated rings. The van der Waals surface area contributed by atoms with Gasteiger partial charge in [0, 0.05) is 30.7 Å². The molecule has 1 aromatic carbocycles. The van der Waals surface area contributed by atoms with Gasteiger partial charge in [0.05, 0.1) is 0 Å². The zero-order valence-electron chi connectivity index (χ0n) is 17.1. The van der Waals surface area contributed by atoms with E-state index in [2.05, 4.69) is 28.6 Å². The maximum Gasteiger partial charge on any atom is 0.278 e. The highest BCUT2D eigenvalue weighted by Gasteiger charge is 2.27. The Morgan fingerprint density at radius 3 is 2.74 bits per heavy atom. The molecule has 0 bridgehead atoms. The molecule has 7 heteroatoms. The molecule has 1 aliphatic rings. The van der Waals surface area contributed by atoms with Crippen molar-refractivity contribution in [2.75, 3.05) is 18.6 Å². The molecule has 2 N–H and O–H groups in total. The van der Waals surface area contributed by atoms with Crippen molar-refractivity contribution in [3.63, 3.8) is 0 Å². The molecule has 0 aliphatic carbocycles. The smallest absolute Gasteiger partial charge is 0.278 e. The van der Waals surface area contributed by atoms with E-state index in [1.165, 1.54) is 33.0 Å². The van der Waals surface area contributed by atoms with E-state index in [1.54, 1.807) is 0 Å². The minimum Gasteiger partial charge on any atom is -0.502 e. The van der Waals surface area contributed by atoms with Crippen molar-refractivity contribution >= 4 is 5.91 Å². The van der Waals surface area contributed by atoms with E-state index in [9.17, 15) is 14.7 Å². The Labute approximate surface area is 180 Å². The molecule has 0 saturated carbocycles. The minimum absolute atomic E-state index is 0.0359. The molecule has 31 heavy (non-hydrogen) atoms. The summed E-state index contributed by atoms with van der Waals surface area (Å²) in [5, 5.41) is 9.95. The molecule has 158 valence electrons. The molecule has 0 atom stereocenters. The van der Waals surface area contributed by atoms with Gasteiger partial charge < -0.3 is 15.4 Å². The second-order valence-corrected chi connectivity index (χ2v) is 7.37. The van der Waals surface area contributed by atoms with Gasteiger partial charge in [-0.3, -0.25) is 19.2 Å². The summed E-state index contributed by atoms with van der Waals surface area (Å²) >= 11 is 0. The molecular formula is C24H24N4O3. The van der Waals surface area contributed by atoms with Gasteiger partial charge in [0.1, 0.15) is 6.67 Å². The summed E-state index contributed by atoms with van der Waals surface area (Å²) in [5.41, 5.74) is 5.93. The lowest BCUT2D eigenvalue weighted by atomic mass is 10.0. The van der Waals surface area contributed by atoms with Gasteiger partial charge in [-0.2, -0.15) is 0 Å². The topological polar surface area (TPSA) is 87.5 Å². The van der Waals surface area contributed by atoms with Crippen molar-refractivity contribution < 1.29 is 9.90 Å². The number of aryl methyl sites for hydroxylation is 1. The number of carbonyl (C=O) groups excluding carboxylic acids is 1. The van der Waals surface area contributed by atoms with Crippen LogP contribution in [0.2, 0.25) is 0 Å². The van der Waals surface area contributed by atoms with Crippen LogP contribution in [0.15, 0.2) is 77.9 Å². The number of aromatic hydroxyl groups is 1. The Morgan fingerprint density at radius 2 is 1.90 bits per heavy atom. The lowest BCUT2D eigenvalue weighted by Crippen LogP contribution is -2.46. The van der Waals surface area contributed by atoms with Gasteiger partial charge in [-0.05, 0) is 36.5 Å². The standard InChI is InChI=1S/C24H24N4O3/c29-21-12-15-28-22(23(21)30)24(31)27(17-26-28)14-6-2-5-11-20-19(10-7-13-25-20)16-18-8-3-1-4-9-18/h1-4,6-10,12-13,15,26,30H,5,11,14,16-17H2/b6-2-. The lowest BCUT2D eigenvalue weighted by molar-refractivity contribution is 0.0741. The summed E-state index contributed by atoms with van der Waals surface area (Å²) in [4.78, 5) is 30.3. The van der Waals surface area contributed by atoms with E-state index in [4.69, 9.17) is 0 Å². The summed E-state index contributed by atoms with van der Waals surface area (Å²) in [6.07, 6.45) is 9.68. The number of nitrogens with one attached hydrogen (secondary N) is 1. The third-order valence-electron chi connectivity index (χ3n) is 5.26. The van der Waals surface area contributed by atoms with Gasteiger partial charge in [-0.15, -0.1) is 0 Å². The van der Waals surface area contributed by atoms with Crippen molar-refractivity contribution in [1.82, 2.24) is 14.6 Å². The highest BCUT2D eigenvalue weighted by atomic mass is 16.3. The van der Waals surface area contributed by atoms with Crippen molar-refractivity contribution in [2.24, 2.45) is 0 Å². The van der Waals surface area contributed by atoms with Gasteiger partial charge in [-0.1, -0.05) is 48.6 Å². The van der Waals surface area contributed by atoms with Gasteiger partial charge in [0.2, 0.25) is 5.43 Å². The Hall–Kier alpha value is -3.87. The number of hydrogen-bond acceptors (Lipinski definition) is 5. The zero-order chi connectivity index (χ0) is 21.6. The number of rotatable bonds is 7. The number of amides is 1. The third kappa shape index (κ3) is 4.66. The quantitative estimate of drug-likeness (QED) is 0.579. The average Bonchev–Trinajstić information content (AvgIpc) is 2.79. The number of carbonyl (C=O) groups is 1. The average molecular weight is 416 g/mol. The fourth-order valence-corrected chi connectivity index (χ4v) is 3.61. The molecule has 0 saturated heterocycles. The molecule has 7 nitrogen and oxygen atoms in total. The van der Waals surface area contributed by atoms with E-state index in [1.807, 2.05) is 42.6 Å². The third-order valence-corrected chi connectivity index (χ3v) is 5.26. The van der Waals surface area contributed by atoms with E-state index in [0.717, 1.165) is 25.0 Å². The van der Waals surface area contributed by atoms with E-state index in [-0.39, 0.29) is 11.6 Å². The normalized spacial score (nSPS) is 13.3. The first-order chi connectivity index (χ1) is 15.1. The fraction of sp³-hybridized carbons (Fsp3) is 0.208. The molecular weight excluding hydrogens is 392 g/mol. The number of aromatic nitrogens is 2. The van der Waals surface area contributed by atoms with Crippen molar-refractivity contribution in [1.29, 1.82) is 0 Å². The summed E-state index contributed by atoms with van der Waals surface area (Å²) < 4.78 is 1.38. The Balaban J connectivity index is 1.34. The van der Waals surface area contributed by atoms with Crippen LogP contribution in [0.4, 0.5) is 0 Å². The van der Waals surface area contributed by atoms with Gasteiger partial charge >= 0.3 is 0 Å². The molecule has 3 aromatic rings. The second-order valence-electron chi connectivity index (χ2n) is 7.37. The summed E-state index contributed by atoms with van der Waals surface area (Å²) in [5.74, 6) is -0.914. The summed E-state index contributed by atoms with van der Waals surface area (Å²) in [6.45, 7) is 0.674. The van der Waals surface area contributed by atoms with E-state index < -0.39 is 11.2 Å². The monoisotopic (exact) mass is 416 g/mol. The maximum absolute atomic E-state index is 12.6. The molecule has 0 radical (unpaired) electrons. The van der Waals surface area contributed by atoms with Crippen molar-refractivity contribution in [3.8, 4) is 5.75 Å². The minimum atomic E-state index is -0.569. The number of nitrogens with zero attached hydrogens (tertiary/aromatic N) is 3. The zero-order valence-corrected chi connectivity index (χ0v) is 17.1. The van der Waals surface area contributed by atoms with Crippen LogP contribution in [-0.4, -0.2) is 38.8 Å². The van der Waals surface area contributed by atoms with Crippen LogP contribution in [0.1, 0.15) is 33.7 Å². The van der Waals surface area contributed by atoms with Crippen LogP contribution in [-0.2, 0) is 12.8 Å². The summed E-state index contributed by atoms with van der Waals surface area (Å²) in [7, 11) is 0. The van der Waals surface area contributed by atoms with Crippen LogP contribution in [0.5, 0.6) is 5.75 Å². The molecule has 0 spiro atoms. The number of benzene rings is 1. The summed E-state index contributed by atoms with van der Waals surface area (Å²) in [6, 6.07) is 15.6. The maximum atomic E-state index is 12.6. The molecule has 1 amide bonds. The first-order valence-corrected chi connectivity index (χ1v) is 10.2. The van der Waals surface area contributed by atoms with Gasteiger partial charge in [-0.25, -0.2) is 0 Å².